The minimum atomic E-state index is 0.120. The Balaban J connectivity index is 2.10. The largest absolute Gasteiger partial charge is 0.452 e. The van der Waals surface area contributed by atoms with E-state index in [1.54, 1.807) is 0 Å². The fourth-order valence-electron chi connectivity index (χ4n) is 1.52. The number of furan rings is 1. The topological polar surface area (TPSA) is 38.1 Å². The number of nitrogens with zero attached hydrogens (tertiary/aromatic N) is 1. The summed E-state index contributed by atoms with van der Waals surface area (Å²) in [5, 5.41) is 3.34. The first-order chi connectivity index (χ1) is 7.65. The van der Waals surface area contributed by atoms with Gasteiger partial charge >= 0.3 is 0 Å². The number of aromatic nitrogens is 1. The number of anilines is 1. The van der Waals surface area contributed by atoms with Gasteiger partial charge in [-0.1, -0.05) is 0 Å². The highest BCUT2D eigenvalue weighted by Crippen LogP contribution is 2.23. The normalized spacial score (nSPS) is 12.4. The van der Waals surface area contributed by atoms with E-state index in [0.717, 1.165) is 21.7 Å². The van der Waals surface area contributed by atoms with Gasteiger partial charge in [-0.15, -0.1) is 0 Å². The van der Waals surface area contributed by atoms with Gasteiger partial charge in [-0.3, -0.25) is 4.98 Å². The van der Waals surface area contributed by atoms with Crippen molar-refractivity contribution in [2.45, 2.75) is 19.9 Å². The van der Waals surface area contributed by atoms with E-state index >= 15 is 0 Å². The fourth-order valence-corrected chi connectivity index (χ4v) is 1.84. The van der Waals surface area contributed by atoms with Crippen LogP contribution in [0.25, 0.3) is 0 Å². The molecule has 16 heavy (non-hydrogen) atoms. The molecule has 4 heteroatoms. The highest BCUT2D eigenvalue weighted by molar-refractivity contribution is 9.10. The summed E-state index contributed by atoms with van der Waals surface area (Å²) in [6.07, 6.45) is 3.64. The van der Waals surface area contributed by atoms with Gasteiger partial charge in [0.25, 0.3) is 0 Å². The smallest absolute Gasteiger partial charge is 0.169 e. The molecule has 84 valence electrons. The summed E-state index contributed by atoms with van der Waals surface area (Å²) in [5.41, 5.74) is 2.14. The van der Waals surface area contributed by atoms with Crippen LogP contribution in [0.3, 0.4) is 0 Å². The molecular weight excluding hydrogens is 268 g/mol. The van der Waals surface area contributed by atoms with E-state index < -0.39 is 0 Å². The maximum absolute atomic E-state index is 5.48. The van der Waals surface area contributed by atoms with Crippen LogP contribution >= 0.6 is 15.9 Å². The molecular formula is C12H13BrN2O. The van der Waals surface area contributed by atoms with Gasteiger partial charge in [-0.25, -0.2) is 0 Å². The Labute approximate surface area is 103 Å². The van der Waals surface area contributed by atoms with Crippen LogP contribution in [0, 0.1) is 6.92 Å². The second kappa shape index (κ2) is 4.70. The molecule has 2 heterocycles. The molecule has 1 unspecified atom stereocenters. The zero-order valence-electron chi connectivity index (χ0n) is 9.20. The van der Waals surface area contributed by atoms with Gasteiger partial charge in [0, 0.05) is 12.4 Å². The van der Waals surface area contributed by atoms with E-state index in [1.165, 1.54) is 0 Å². The van der Waals surface area contributed by atoms with Gasteiger partial charge in [-0.2, -0.15) is 0 Å². The predicted octanol–water partition coefficient (Wildman–Crippen LogP) is 3.92. The summed E-state index contributed by atoms with van der Waals surface area (Å²) < 4.78 is 6.23. The van der Waals surface area contributed by atoms with E-state index in [2.05, 4.69) is 32.3 Å². The third-order valence-corrected chi connectivity index (χ3v) is 2.71. The van der Waals surface area contributed by atoms with Crippen molar-refractivity contribution in [2.24, 2.45) is 0 Å². The monoisotopic (exact) mass is 280 g/mol. The lowest BCUT2D eigenvalue weighted by atomic mass is 10.2. The predicted molar refractivity (Wildman–Crippen MR) is 67.4 cm³/mol. The molecule has 0 saturated heterocycles. The zero-order valence-corrected chi connectivity index (χ0v) is 10.8. The number of hydrogen-bond donors (Lipinski definition) is 1. The molecule has 0 fully saturated rings. The molecule has 0 spiro atoms. The highest BCUT2D eigenvalue weighted by atomic mass is 79.9. The fraction of sp³-hybridized carbons (Fsp3) is 0.250. The molecule has 1 N–H and O–H groups in total. The first-order valence-corrected chi connectivity index (χ1v) is 5.88. The maximum Gasteiger partial charge on any atom is 0.169 e. The van der Waals surface area contributed by atoms with Crippen molar-refractivity contribution >= 4 is 21.6 Å². The van der Waals surface area contributed by atoms with Crippen LogP contribution in [-0.4, -0.2) is 4.98 Å². The molecule has 0 aliphatic rings. The van der Waals surface area contributed by atoms with Gasteiger partial charge in [0.2, 0.25) is 0 Å². The lowest BCUT2D eigenvalue weighted by molar-refractivity contribution is 0.471. The van der Waals surface area contributed by atoms with E-state index in [4.69, 9.17) is 4.42 Å². The number of hydrogen-bond acceptors (Lipinski definition) is 3. The lowest BCUT2D eigenvalue weighted by Crippen LogP contribution is -2.05. The Morgan fingerprint density at radius 1 is 1.38 bits per heavy atom. The van der Waals surface area contributed by atoms with E-state index in [0.29, 0.717) is 0 Å². The average molecular weight is 281 g/mol. The van der Waals surface area contributed by atoms with Crippen LogP contribution in [-0.2, 0) is 0 Å². The molecule has 2 aromatic heterocycles. The Bertz CT molecular complexity index is 481. The quantitative estimate of drug-likeness (QED) is 0.926. The molecule has 0 aliphatic carbocycles. The zero-order chi connectivity index (χ0) is 11.5. The van der Waals surface area contributed by atoms with Crippen LogP contribution in [0.15, 0.2) is 39.7 Å². The molecule has 0 bridgehead atoms. The Morgan fingerprint density at radius 3 is 2.81 bits per heavy atom. The standard InChI is InChI=1S/C12H13BrN2O/c1-8-5-10(7-14-6-8)15-9(2)11-3-4-12(13)16-11/h3-7,9,15H,1-2H3. The first-order valence-electron chi connectivity index (χ1n) is 5.08. The second-order valence-corrected chi connectivity index (χ2v) is 4.54. The number of aryl methyl sites for hydroxylation is 1. The number of halogens is 1. The Hall–Kier alpha value is -1.29. The van der Waals surface area contributed by atoms with Crippen LogP contribution in [0.5, 0.6) is 0 Å². The SMILES string of the molecule is Cc1cncc(NC(C)c2ccc(Br)o2)c1. The molecule has 2 rings (SSSR count). The van der Waals surface area contributed by atoms with Crippen LogP contribution in [0.1, 0.15) is 24.3 Å². The summed E-state index contributed by atoms with van der Waals surface area (Å²) in [5.74, 6) is 0.897. The first kappa shape index (κ1) is 11.2. The summed E-state index contributed by atoms with van der Waals surface area (Å²) in [6, 6.07) is 6.02. The number of pyridine rings is 1. The molecule has 2 aromatic rings. The van der Waals surface area contributed by atoms with Gasteiger partial charge in [-0.05, 0) is 53.5 Å². The molecule has 0 amide bonds. The third kappa shape index (κ3) is 2.64. The van der Waals surface area contributed by atoms with Crippen molar-refractivity contribution in [3.05, 3.63) is 46.6 Å². The van der Waals surface area contributed by atoms with Crippen molar-refractivity contribution in [1.82, 2.24) is 4.98 Å². The molecule has 0 aliphatic heterocycles. The van der Waals surface area contributed by atoms with Crippen LogP contribution < -0.4 is 5.32 Å². The summed E-state index contributed by atoms with van der Waals surface area (Å²) >= 11 is 3.29. The van der Waals surface area contributed by atoms with Crippen molar-refractivity contribution < 1.29 is 4.42 Å². The van der Waals surface area contributed by atoms with E-state index in [-0.39, 0.29) is 6.04 Å². The van der Waals surface area contributed by atoms with E-state index in [9.17, 15) is 0 Å². The molecule has 0 aromatic carbocycles. The Morgan fingerprint density at radius 2 is 2.19 bits per heavy atom. The van der Waals surface area contributed by atoms with Gasteiger partial charge in [0.1, 0.15) is 5.76 Å². The average Bonchev–Trinajstić information content (AvgIpc) is 2.65. The molecule has 0 radical (unpaired) electrons. The van der Waals surface area contributed by atoms with Crippen LogP contribution in [0.4, 0.5) is 5.69 Å². The number of rotatable bonds is 3. The summed E-state index contributed by atoms with van der Waals surface area (Å²) in [6.45, 7) is 4.07. The minimum Gasteiger partial charge on any atom is -0.452 e. The van der Waals surface area contributed by atoms with Crippen molar-refractivity contribution in [3.63, 3.8) is 0 Å². The van der Waals surface area contributed by atoms with Crippen LogP contribution in [0.2, 0.25) is 0 Å². The van der Waals surface area contributed by atoms with Gasteiger partial charge < -0.3 is 9.73 Å². The maximum atomic E-state index is 5.48. The Kier molecular flexibility index (Phi) is 3.29. The minimum absolute atomic E-state index is 0.120. The lowest BCUT2D eigenvalue weighted by Gasteiger charge is -2.12. The molecule has 1 atom stereocenters. The second-order valence-electron chi connectivity index (χ2n) is 3.76. The molecule has 3 nitrogen and oxygen atoms in total. The number of nitrogens with one attached hydrogen (secondary N) is 1. The molecule has 0 saturated carbocycles. The summed E-state index contributed by atoms with van der Waals surface area (Å²) in [7, 11) is 0. The van der Waals surface area contributed by atoms with Crippen molar-refractivity contribution in [1.29, 1.82) is 0 Å². The highest BCUT2D eigenvalue weighted by Gasteiger charge is 2.09. The third-order valence-electron chi connectivity index (χ3n) is 2.28. The van der Waals surface area contributed by atoms with Crippen molar-refractivity contribution in [3.8, 4) is 0 Å². The van der Waals surface area contributed by atoms with Crippen molar-refractivity contribution in [2.75, 3.05) is 5.32 Å². The summed E-state index contributed by atoms with van der Waals surface area (Å²) in [4.78, 5) is 4.13. The van der Waals surface area contributed by atoms with Gasteiger partial charge in [0.05, 0.1) is 11.7 Å². The van der Waals surface area contributed by atoms with E-state index in [1.807, 2.05) is 38.4 Å². The van der Waals surface area contributed by atoms with Gasteiger partial charge in [0.15, 0.2) is 4.67 Å².